The third-order valence-corrected chi connectivity index (χ3v) is 3.56. The molecule has 3 heterocycles. The van der Waals surface area contributed by atoms with Crippen LogP contribution < -0.4 is 4.90 Å². The van der Waals surface area contributed by atoms with Crippen molar-refractivity contribution in [2.45, 2.75) is 19.1 Å². The number of morpholine rings is 1. The van der Waals surface area contributed by atoms with E-state index in [0.717, 1.165) is 18.0 Å². The predicted molar refractivity (Wildman–Crippen MR) is 70.3 cm³/mol. The summed E-state index contributed by atoms with van der Waals surface area (Å²) >= 11 is 5.87. The number of hydrogen-bond acceptors (Lipinski definition) is 4. The van der Waals surface area contributed by atoms with Gasteiger partial charge in [-0.25, -0.2) is 9.50 Å². The molecular weight excluding hydrogens is 252 g/mol. The van der Waals surface area contributed by atoms with E-state index in [0.29, 0.717) is 18.5 Å². The van der Waals surface area contributed by atoms with E-state index in [1.807, 2.05) is 18.3 Å². The SMILES string of the molecule is CC1COC(CCl)CN1c1ccn2nccc2n1. The van der Waals surface area contributed by atoms with Crippen molar-refractivity contribution in [3.63, 3.8) is 0 Å². The lowest BCUT2D eigenvalue weighted by Crippen LogP contribution is -2.49. The smallest absolute Gasteiger partial charge is 0.157 e. The zero-order valence-corrected chi connectivity index (χ0v) is 10.9. The normalized spacial score (nSPS) is 24.7. The quantitative estimate of drug-likeness (QED) is 0.774. The molecule has 0 N–H and O–H groups in total. The molecule has 0 bridgehead atoms. The van der Waals surface area contributed by atoms with Gasteiger partial charge >= 0.3 is 0 Å². The van der Waals surface area contributed by atoms with E-state index < -0.39 is 0 Å². The first kappa shape index (κ1) is 11.7. The van der Waals surface area contributed by atoms with Gasteiger partial charge in [-0.1, -0.05) is 0 Å². The first-order chi connectivity index (χ1) is 8.78. The second kappa shape index (κ2) is 4.74. The molecule has 96 valence electrons. The van der Waals surface area contributed by atoms with Crippen LogP contribution in [0.3, 0.4) is 0 Å². The van der Waals surface area contributed by atoms with Crippen LogP contribution in [0.4, 0.5) is 5.82 Å². The zero-order valence-electron chi connectivity index (χ0n) is 10.2. The summed E-state index contributed by atoms with van der Waals surface area (Å²) in [5.41, 5.74) is 0.855. The number of anilines is 1. The summed E-state index contributed by atoms with van der Waals surface area (Å²) in [4.78, 5) is 6.85. The first-order valence-electron chi connectivity index (χ1n) is 6.02. The maximum Gasteiger partial charge on any atom is 0.157 e. The van der Waals surface area contributed by atoms with Crippen molar-refractivity contribution < 1.29 is 4.74 Å². The molecule has 0 aromatic carbocycles. The highest BCUT2D eigenvalue weighted by atomic mass is 35.5. The standard InChI is InChI=1S/C12H15ClN4O/c1-9-8-18-10(6-13)7-16(9)11-3-5-17-12(15-11)2-4-14-17/h2-5,9-10H,6-8H2,1H3. The Morgan fingerprint density at radius 2 is 2.39 bits per heavy atom. The van der Waals surface area contributed by atoms with Crippen LogP contribution in [0.25, 0.3) is 5.65 Å². The summed E-state index contributed by atoms with van der Waals surface area (Å²) in [6.45, 7) is 3.60. The van der Waals surface area contributed by atoms with Crippen LogP contribution in [-0.2, 0) is 4.74 Å². The first-order valence-corrected chi connectivity index (χ1v) is 6.56. The van der Waals surface area contributed by atoms with E-state index >= 15 is 0 Å². The lowest BCUT2D eigenvalue weighted by molar-refractivity contribution is 0.0361. The van der Waals surface area contributed by atoms with E-state index in [1.165, 1.54) is 0 Å². The van der Waals surface area contributed by atoms with Gasteiger partial charge in [0.25, 0.3) is 0 Å². The molecule has 3 rings (SSSR count). The Labute approximate surface area is 110 Å². The summed E-state index contributed by atoms with van der Waals surface area (Å²) in [6, 6.07) is 4.18. The summed E-state index contributed by atoms with van der Waals surface area (Å²) in [7, 11) is 0. The Balaban J connectivity index is 1.91. The van der Waals surface area contributed by atoms with Gasteiger partial charge in [-0.05, 0) is 13.0 Å². The monoisotopic (exact) mass is 266 g/mol. The molecule has 2 unspecified atom stereocenters. The van der Waals surface area contributed by atoms with Crippen LogP contribution in [0.5, 0.6) is 0 Å². The topological polar surface area (TPSA) is 42.7 Å². The molecule has 1 fully saturated rings. The molecule has 6 heteroatoms. The van der Waals surface area contributed by atoms with Crippen molar-refractivity contribution in [3.8, 4) is 0 Å². The van der Waals surface area contributed by atoms with Crippen LogP contribution in [0, 0.1) is 0 Å². The summed E-state index contributed by atoms with van der Waals surface area (Å²) in [5.74, 6) is 1.46. The zero-order chi connectivity index (χ0) is 12.5. The average molecular weight is 267 g/mol. The van der Waals surface area contributed by atoms with Gasteiger partial charge in [-0.3, -0.25) is 0 Å². The van der Waals surface area contributed by atoms with Crippen molar-refractivity contribution in [3.05, 3.63) is 24.5 Å². The second-order valence-corrected chi connectivity index (χ2v) is 4.84. The molecular formula is C12H15ClN4O. The highest BCUT2D eigenvalue weighted by molar-refractivity contribution is 6.18. The maximum absolute atomic E-state index is 5.87. The lowest BCUT2D eigenvalue weighted by Gasteiger charge is -2.38. The van der Waals surface area contributed by atoms with Crippen molar-refractivity contribution in [1.82, 2.24) is 14.6 Å². The van der Waals surface area contributed by atoms with Crippen molar-refractivity contribution in [1.29, 1.82) is 0 Å². The molecule has 0 spiro atoms. The average Bonchev–Trinajstić information content (AvgIpc) is 2.86. The third kappa shape index (κ3) is 2.04. The molecule has 2 aromatic rings. The lowest BCUT2D eigenvalue weighted by atomic mass is 10.2. The van der Waals surface area contributed by atoms with Crippen LogP contribution in [0.2, 0.25) is 0 Å². The van der Waals surface area contributed by atoms with Gasteiger partial charge in [0, 0.05) is 18.8 Å². The number of alkyl halides is 1. The number of aromatic nitrogens is 3. The Hall–Kier alpha value is -1.33. The van der Waals surface area contributed by atoms with Gasteiger partial charge in [0.15, 0.2) is 5.65 Å². The van der Waals surface area contributed by atoms with Crippen LogP contribution in [-0.4, -0.2) is 45.8 Å². The van der Waals surface area contributed by atoms with Crippen molar-refractivity contribution >= 4 is 23.1 Å². The minimum atomic E-state index is 0.0748. The highest BCUT2D eigenvalue weighted by Crippen LogP contribution is 2.20. The van der Waals surface area contributed by atoms with Gasteiger partial charge < -0.3 is 9.64 Å². The second-order valence-electron chi connectivity index (χ2n) is 4.53. The van der Waals surface area contributed by atoms with Crippen LogP contribution >= 0.6 is 11.6 Å². The van der Waals surface area contributed by atoms with Crippen molar-refractivity contribution in [2.24, 2.45) is 0 Å². The Kier molecular flexibility index (Phi) is 3.09. The number of rotatable bonds is 2. The van der Waals surface area contributed by atoms with Gasteiger partial charge in [0.1, 0.15) is 5.82 Å². The van der Waals surface area contributed by atoms with Gasteiger partial charge in [-0.15, -0.1) is 11.6 Å². The predicted octanol–water partition coefficient (Wildman–Crippen LogP) is 1.56. The molecule has 18 heavy (non-hydrogen) atoms. The summed E-state index contributed by atoms with van der Waals surface area (Å²) < 4.78 is 7.40. The number of fused-ring (bicyclic) bond motifs is 1. The summed E-state index contributed by atoms with van der Waals surface area (Å²) in [6.07, 6.45) is 3.75. The van der Waals surface area contributed by atoms with Crippen LogP contribution in [0.1, 0.15) is 6.92 Å². The molecule has 0 aliphatic carbocycles. The van der Waals surface area contributed by atoms with Gasteiger partial charge in [0.05, 0.1) is 30.8 Å². The molecule has 2 atom stereocenters. The molecule has 2 aromatic heterocycles. The number of hydrogen-bond donors (Lipinski definition) is 0. The maximum atomic E-state index is 5.87. The van der Waals surface area contributed by atoms with Gasteiger partial charge in [0.2, 0.25) is 0 Å². The highest BCUT2D eigenvalue weighted by Gasteiger charge is 2.26. The van der Waals surface area contributed by atoms with E-state index in [2.05, 4.69) is 21.9 Å². The van der Waals surface area contributed by atoms with E-state index in [-0.39, 0.29) is 6.10 Å². The summed E-state index contributed by atoms with van der Waals surface area (Å²) in [5, 5.41) is 4.14. The Morgan fingerprint density at radius 1 is 1.50 bits per heavy atom. The van der Waals surface area contributed by atoms with Crippen molar-refractivity contribution in [2.75, 3.05) is 23.9 Å². The Morgan fingerprint density at radius 3 is 3.22 bits per heavy atom. The van der Waals surface area contributed by atoms with Crippen LogP contribution in [0.15, 0.2) is 24.5 Å². The molecule has 1 aliphatic heterocycles. The minimum absolute atomic E-state index is 0.0748. The van der Waals surface area contributed by atoms with E-state index in [4.69, 9.17) is 16.3 Å². The molecule has 0 amide bonds. The fourth-order valence-corrected chi connectivity index (χ4v) is 2.38. The van der Waals surface area contributed by atoms with Gasteiger partial charge in [-0.2, -0.15) is 5.10 Å². The molecule has 1 aliphatic rings. The fraction of sp³-hybridized carbons (Fsp3) is 0.500. The number of nitrogens with zero attached hydrogens (tertiary/aromatic N) is 4. The molecule has 0 saturated carbocycles. The largest absolute Gasteiger partial charge is 0.373 e. The Bertz CT molecular complexity index is 544. The third-order valence-electron chi connectivity index (χ3n) is 3.22. The molecule has 1 saturated heterocycles. The minimum Gasteiger partial charge on any atom is -0.373 e. The van der Waals surface area contributed by atoms with E-state index in [1.54, 1.807) is 10.7 Å². The molecule has 5 nitrogen and oxygen atoms in total. The number of halogens is 1. The fourth-order valence-electron chi connectivity index (χ4n) is 2.19. The van der Waals surface area contributed by atoms with E-state index in [9.17, 15) is 0 Å². The molecule has 0 radical (unpaired) electrons. The number of ether oxygens (including phenoxy) is 1.